The molecule has 0 N–H and O–H groups in total. The highest BCUT2D eigenvalue weighted by molar-refractivity contribution is 7.00. The van der Waals surface area contributed by atoms with E-state index >= 15 is 0 Å². The first-order valence-electron chi connectivity index (χ1n) is 23.5. The van der Waals surface area contributed by atoms with Crippen LogP contribution in [-0.2, 0) is 21.7 Å². The molecule has 2 heterocycles. The van der Waals surface area contributed by atoms with Crippen LogP contribution in [0.1, 0.15) is 114 Å². The lowest BCUT2D eigenvalue weighted by Crippen LogP contribution is -2.62. The summed E-state index contributed by atoms with van der Waals surface area (Å²) in [6, 6.07) is 53.9. The van der Waals surface area contributed by atoms with Crippen LogP contribution in [0, 0.1) is 13.8 Å². The van der Waals surface area contributed by atoms with Crippen molar-refractivity contribution in [1.29, 1.82) is 0 Å². The molecule has 0 unspecified atom stereocenters. The molecular weight excluding hydrogens is 759 g/mol. The monoisotopic (exact) mass is 820 g/mol. The molecule has 3 heteroatoms. The highest BCUT2D eigenvalue weighted by atomic mass is 15.2. The molecule has 0 saturated heterocycles. The van der Waals surface area contributed by atoms with Crippen molar-refractivity contribution in [2.24, 2.45) is 0 Å². The molecule has 0 fully saturated rings. The van der Waals surface area contributed by atoms with Gasteiger partial charge in [0.1, 0.15) is 0 Å². The topological polar surface area (TPSA) is 6.48 Å². The molecule has 2 nitrogen and oxygen atoms in total. The van der Waals surface area contributed by atoms with E-state index in [1.807, 2.05) is 0 Å². The highest BCUT2D eigenvalue weighted by Crippen LogP contribution is 2.53. The fourth-order valence-electron chi connectivity index (χ4n) is 12.0. The smallest absolute Gasteiger partial charge is 0.252 e. The molecule has 63 heavy (non-hydrogen) atoms. The Balaban J connectivity index is 1.23. The lowest BCUT2D eigenvalue weighted by atomic mass is 9.33. The summed E-state index contributed by atoms with van der Waals surface area (Å²) in [5.74, 6) is 0. The van der Waals surface area contributed by atoms with E-state index in [2.05, 4.69) is 219 Å². The molecule has 4 aliphatic rings. The molecule has 2 aliphatic heterocycles. The van der Waals surface area contributed by atoms with Crippen LogP contribution >= 0.6 is 0 Å². The zero-order valence-corrected chi connectivity index (χ0v) is 39.1. The van der Waals surface area contributed by atoms with E-state index in [1.165, 1.54) is 132 Å². The van der Waals surface area contributed by atoms with Crippen LogP contribution < -0.4 is 26.2 Å². The summed E-state index contributed by atoms with van der Waals surface area (Å²) >= 11 is 0. The van der Waals surface area contributed by atoms with Crippen molar-refractivity contribution in [1.82, 2.24) is 0 Å². The highest BCUT2D eigenvalue weighted by Gasteiger charge is 2.47. The Morgan fingerprint density at radius 3 is 1.49 bits per heavy atom. The van der Waals surface area contributed by atoms with Gasteiger partial charge in [-0.05, 0) is 182 Å². The Morgan fingerprint density at radius 1 is 0.381 bits per heavy atom. The van der Waals surface area contributed by atoms with E-state index in [0.29, 0.717) is 0 Å². The summed E-state index contributed by atoms with van der Waals surface area (Å²) in [4.78, 5) is 5.29. The number of hydrogen-bond donors (Lipinski definition) is 0. The minimum Gasteiger partial charge on any atom is -0.311 e. The van der Waals surface area contributed by atoms with Crippen molar-refractivity contribution in [3.8, 4) is 22.3 Å². The van der Waals surface area contributed by atoms with Gasteiger partial charge in [-0.25, -0.2) is 0 Å². The number of anilines is 6. The molecule has 0 amide bonds. The van der Waals surface area contributed by atoms with Crippen molar-refractivity contribution in [2.45, 2.75) is 117 Å². The van der Waals surface area contributed by atoms with Gasteiger partial charge in [-0.1, -0.05) is 146 Å². The van der Waals surface area contributed by atoms with E-state index < -0.39 is 0 Å². The van der Waals surface area contributed by atoms with Gasteiger partial charge in [0.2, 0.25) is 0 Å². The molecule has 314 valence electrons. The van der Waals surface area contributed by atoms with Crippen molar-refractivity contribution in [3.05, 3.63) is 173 Å². The number of nitrogens with zero attached hydrogens (tertiary/aromatic N) is 2. The van der Waals surface area contributed by atoms with Gasteiger partial charge in [-0.3, -0.25) is 0 Å². The summed E-state index contributed by atoms with van der Waals surface area (Å²) in [7, 11) is 0. The Bertz CT molecular complexity index is 2990. The molecule has 0 spiro atoms. The number of benzene rings is 7. The average molecular weight is 821 g/mol. The summed E-state index contributed by atoms with van der Waals surface area (Å²) < 4.78 is 0. The SMILES string of the molecule is Cc1cc2c3c(c1)N(c1ccc(-c4ccccc4)cc1C)c1cc(-c4ccccc4)ccc1B3c1cc3c(cc1N2c1ccc2c(c1)C(C)(C)CCC2(C)C)C(C)(C)CCC3(C)C. The van der Waals surface area contributed by atoms with Crippen molar-refractivity contribution < 1.29 is 0 Å². The summed E-state index contributed by atoms with van der Waals surface area (Å²) in [5, 5.41) is 0. The average Bonchev–Trinajstić information content (AvgIpc) is 3.27. The van der Waals surface area contributed by atoms with Gasteiger partial charge in [-0.15, -0.1) is 0 Å². The number of hydrogen-bond acceptors (Lipinski definition) is 2. The molecule has 0 radical (unpaired) electrons. The molecule has 0 aromatic heterocycles. The first-order valence-corrected chi connectivity index (χ1v) is 23.5. The van der Waals surface area contributed by atoms with Gasteiger partial charge in [0.05, 0.1) is 0 Å². The van der Waals surface area contributed by atoms with E-state index in [4.69, 9.17) is 0 Å². The maximum atomic E-state index is 2.68. The van der Waals surface area contributed by atoms with Crippen LogP contribution in [-0.4, -0.2) is 6.71 Å². The van der Waals surface area contributed by atoms with E-state index in [9.17, 15) is 0 Å². The van der Waals surface area contributed by atoms with Crippen LogP contribution in [0.2, 0.25) is 0 Å². The Morgan fingerprint density at radius 2 is 0.889 bits per heavy atom. The maximum absolute atomic E-state index is 2.68. The van der Waals surface area contributed by atoms with Gasteiger partial charge in [0.15, 0.2) is 0 Å². The van der Waals surface area contributed by atoms with Crippen LogP contribution in [0.5, 0.6) is 0 Å². The van der Waals surface area contributed by atoms with E-state index in [0.717, 1.165) is 0 Å². The van der Waals surface area contributed by atoms with Gasteiger partial charge < -0.3 is 9.80 Å². The second-order valence-electron chi connectivity index (χ2n) is 22.0. The zero-order valence-electron chi connectivity index (χ0n) is 39.1. The first kappa shape index (κ1) is 40.0. The van der Waals surface area contributed by atoms with Crippen LogP contribution in [0.4, 0.5) is 34.1 Å². The van der Waals surface area contributed by atoms with Crippen LogP contribution in [0.15, 0.2) is 140 Å². The maximum Gasteiger partial charge on any atom is 0.252 e. The third-order valence-electron chi connectivity index (χ3n) is 15.9. The lowest BCUT2D eigenvalue weighted by molar-refractivity contribution is 0.332. The number of rotatable bonds is 4. The predicted octanol–water partition coefficient (Wildman–Crippen LogP) is 14.4. The van der Waals surface area contributed by atoms with Crippen LogP contribution in [0.3, 0.4) is 0 Å². The Kier molecular flexibility index (Phi) is 8.80. The Hall–Kier alpha value is -5.80. The van der Waals surface area contributed by atoms with Gasteiger partial charge in [0, 0.05) is 34.1 Å². The third kappa shape index (κ3) is 6.20. The molecule has 2 aliphatic carbocycles. The minimum absolute atomic E-state index is 0.0564. The molecule has 0 saturated carbocycles. The number of fused-ring (bicyclic) bond motifs is 6. The normalized spacial score (nSPS) is 18.2. The fraction of sp³-hybridized carbons (Fsp3) is 0.300. The van der Waals surface area contributed by atoms with Crippen molar-refractivity contribution >= 4 is 57.2 Å². The van der Waals surface area contributed by atoms with Gasteiger partial charge in [-0.2, -0.15) is 0 Å². The predicted molar refractivity (Wildman–Crippen MR) is 271 cm³/mol. The fourth-order valence-corrected chi connectivity index (χ4v) is 12.0. The van der Waals surface area contributed by atoms with Gasteiger partial charge >= 0.3 is 0 Å². The standard InChI is InChI=1S/C60H61BN2/c1-38-31-54-56-55(32-38)63(51-26-22-42(33-39(51)2)40-17-13-11-14-18-40)52-34-43(41-19-15-12-16-20-41)21-25-49(52)61(56)50-36-47-48(60(9,10)30-29-59(47,7)8)37-53(50)62(54)44-23-24-45-46(35-44)58(5,6)28-27-57(45,3)4/h11-26,31-37H,27-30H2,1-10H3. The summed E-state index contributed by atoms with van der Waals surface area (Å²) in [5.41, 5.74) is 25.7. The third-order valence-corrected chi connectivity index (χ3v) is 15.9. The number of aryl methyl sites for hydroxylation is 2. The summed E-state index contributed by atoms with van der Waals surface area (Å²) in [6.45, 7) is 24.4. The largest absolute Gasteiger partial charge is 0.311 e. The molecule has 0 atom stereocenters. The second-order valence-corrected chi connectivity index (χ2v) is 22.0. The second kappa shape index (κ2) is 13.9. The molecule has 11 rings (SSSR count). The molecule has 7 aromatic rings. The summed E-state index contributed by atoms with van der Waals surface area (Å²) in [6.07, 6.45) is 4.75. The zero-order chi connectivity index (χ0) is 43.8. The quantitative estimate of drug-likeness (QED) is 0.163. The van der Waals surface area contributed by atoms with Gasteiger partial charge in [0.25, 0.3) is 6.71 Å². The molecule has 0 bridgehead atoms. The molecular formula is C60H61BN2. The van der Waals surface area contributed by atoms with E-state index in [1.54, 1.807) is 0 Å². The van der Waals surface area contributed by atoms with Crippen molar-refractivity contribution in [2.75, 3.05) is 9.80 Å². The molecule has 7 aromatic carbocycles. The Labute approximate surface area is 377 Å². The first-order chi connectivity index (χ1) is 30.0. The lowest BCUT2D eigenvalue weighted by Gasteiger charge is -2.48. The van der Waals surface area contributed by atoms with E-state index in [-0.39, 0.29) is 28.4 Å². The minimum atomic E-state index is 0.0564. The van der Waals surface area contributed by atoms with Crippen molar-refractivity contribution in [3.63, 3.8) is 0 Å². The van der Waals surface area contributed by atoms with Crippen LogP contribution in [0.25, 0.3) is 22.3 Å².